The highest BCUT2D eigenvalue weighted by molar-refractivity contribution is 5.75. The fourth-order valence-electron chi connectivity index (χ4n) is 1.25. The quantitative estimate of drug-likeness (QED) is 0.732. The number of rotatable bonds is 4. The van der Waals surface area contributed by atoms with E-state index in [1.807, 2.05) is 6.07 Å². The van der Waals surface area contributed by atoms with Crippen LogP contribution in [0, 0.1) is 0 Å². The lowest BCUT2D eigenvalue weighted by Gasteiger charge is -2.10. The van der Waals surface area contributed by atoms with E-state index in [1.54, 1.807) is 24.3 Å². The molecule has 0 bridgehead atoms. The van der Waals surface area contributed by atoms with Gasteiger partial charge in [0, 0.05) is 6.61 Å². The number of aliphatic carboxylic acids is 1. The van der Waals surface area contributed by atoms with Crippen LogP contribution in [0.4, 0.5) is 0 Å². The van der Waals surface area contributed by atoms with Crippen molar-refractivity contribution in [3.8, 4) is 0 Å². The predicted octanol–water partition coefficient (Wildman–Crippen LogP) is 1.24. The fourth-order valence-corrected chi connectivity index (χ4v) is 1.25. The molecule has 0 aliphatic carbocycles. The minimum Gasteiger partial charge on any atom is -0.481 e. The Labute approximate surface area is 76.6 Å². The normalized spacial score (nSPS) is 12.4. The first-order chi connectivity index (χ1) is 6.25. The van der Waals surface area contributed by atoms with Crippen LogP contribution in [0.25, 0.3) is 0 Å². The zero-order valence-corrected chi connectivity index (χ0v) is 7.18. The molecular weight excluding hydrogens is 168 g/mol. The summed E-state index contributed by atoms with van der Waals surface area (Å²) in [5, 5.41) is 17.5. The number of aliphatic hydroxyl groups excluding tert-OH is 1. The summed E-state index contributed by atoms with van der Waals surface area (Å²) < 4.78 is 0. The number of aliphatic hydroxyl groups is 1. The second-order valence-electron chi connectivity index (χ2n) is 2.81. The largest absolute Gasteiger partial charge is 0.481 e. The monoisotopic (exact) mass is 180 g/mol. The zero-order chi connectivity index (χ0) is 9.68. The Balaban J connectivity index is 2.82. The Morgan fingerprint density at radius 2 is 1.92 bits per heavy atom. The second-order valence-corrected chi connectivity index (χ2v) is 2.81. The van der Waals surface area contributed by atoms with Gasteiger partial charge in [0.2, 0.25) is 0 Å². The van der Waals surface area contributed by atoms with Gasteiger partial charge in [-0.3, -0.25) is 4.79 Å². The third-order valence-corrected chi connectivity index (χ3v) is 1.92. The van der Waals surface area contributed by atoms with Crippen LogP contribution in [0.1, 0.15) is 17.9 Å². The molecule has 0 saturated heterocycles. The molecule has 13 heavy (non-hydrogen) atoms. The third kappa shape index (κ3) is 2.56. The first-order valence-electron chi connectivity index (χ1n) is 4.14. The standard InChI is InChI=1S/C10H12O3/c11-7-6-9(10(12)13)8-4-2-1-3-5-8/h1-5,9,11H,6-7H2,(H,12,13)/t9-/m1/s1. The Morgan fingerprint density at radius 1 is 1.31 bits per heavy atom. The average molecular weight is 180 g/mol. The molecule has 1 atom stereocenters. The van der Waals surface area contributed by atoms with Crippen LogP contribution in [0.15, 0.2) is 30.3 Å². The lowest BCUT2D eigenvalue weighted by Crippen LogP contribution is -2.12. The molecule has 0 radical (unpaired) electrons. The molecule has 1 aromatic carbocycles. The first-order valence-corrected chi connectivity index (χ1v) is 4.14. The molecule has 0 aromatic heterocycles. The number of benzene rings is 1. The van der Waals surface area contributed by atoms with Gasteiger partial charge in [0.05, 0.1) is 5.92 Å². The van der Waals surface area contributed by atoms with Crippen molar-refractivity contribution in [2.75, 3.05) is 6.61 Å². The summed E-state index contributed by atoms with van der Waals surface area (Å²) in [6.07, 6.45) is 0.263. The van der Waals surface area contributed by atoms with Gasteiger partial charge in [-0.15, -0.1) is 0 Å². The maximum absolute atomic E-state index is 10.8. The lowest BCUT2D eigenvalue weighted by atomic mass is 9.96. The van der Waals surface area contributed by atoms with E-state index in [9.17, 15) is 4.79 Å². The molecule has 1 rings (SSSR count). The van der Waals surface area contributed by atoms with Crippen LogP contribution >= 0.6 is 0 Å². The minimum absolute atomic E-state index is 0.105. The van der Waals surface area contributed by atoms with Gasteiger partial charge < -0.3 is 10.2 Å². The van der Waals surface area contributed by atoms with Crippen LogP contribution in [-0.4, -0.2) is 22.8 Å². The lowest BCUT2D eigenvalue weighted by molar-refractivity contribution is -0.139. The summed E-state index contributed by atoms with van der Waals surface area (Å²) in [6.45, 7) is -0.105. The Bertz CT molecular complexity index is 269. The number of carbonyl (C=O) groups is 1. The zero-order valence-electron chi connectivity index (χ0n) is 7.18. The highest BCUT2D eigenvalue weighted by atomic mass is 16.4. The van der Waals surface area contributed by atoms with E-state index in [1.165, 1.54) is 0 Å². The molecule has 70 valence electrons. The van der Waals surface area contributed by atoms with Crippen molar-refractivity contribution in [1.29, 1.82) is 0 Å². The number of carboxylic acid groups (broad SMARTS) is 1. The van der Waals surface area contributed by atoms with Gasteiger partial charge in [-0.05, 0) is 12.0 Å². The van der Waals surface area contributed by atoms with Gasteiger partial charge in [0.15, 0.2) is 0 Å². The highest BCUT2D eigenvalue weighted by Gasteiger charge is 2.18. The Kier molecular flexibility index (Phi) is 3.46. The molecule has 0 amide bonds. The van der Waals surface area contributed by atoms with E-state index < -0.39 is 11.9 Å². The van der Waals surface area contributed by atoms with Crippen molar-refractivity contribution < 1.29 is 15.0 Å². The van der Waals surface area contributed by atoms with Crippen LogP contribution in [0.5, 0.6) is 0 Å². The Hall–Kier alpha value is -1.35. The van der Waals surface area contributed by atoms with Crippen LogP contribution in [0.3, 0.4) is 0 Å². The summed E-state index contributed by atoms with van der Waals surface area (Å²) in [5.41, 5.74) is 0.740. The third-order valence-electron chi connectivity index (χ3n) is 1.92. The van der Waals surface area contributed by atoms with Gasteiger partial charge in [-0.25, -0.2) is 0 Å². The fraction of sp³-hybridized carbons (Fsp3) is 0.300. The van der Waals surface area contributed by atoms with Crippen molar-refractivity contribution >= 4 is 5.97 Å². The van der Waals surface area contributed by atoms with E-state index in [0.29, 0.717) is 0 Å². The molecule has 0 heterocycles. The smallest absolute Gasteiger partial charge is 0.311 e. The molecule has 0 spiro atoms. The highest BCUT2D eigenvalue weighted by Crippen LogP contribution is 2.18. The number of hydrogen-bond acceptors (Lipinski definition) is 2. The second kappa shape index (κ2) is 4.62. The van der Waals surface area contributed by atoms with E-state index in [0.717, 1.165) is 5.56 Å². The van der Waals surface area contributed by atoms with Crippen LogP contribution in [0.2, 0.25) is 0 Å². The molecule has 0 unspecified atom stereocenters. The molecule has 0 fully saturated rings. The molecule has 3 heteroatoms. The maximum Gasteiger partial charge on any atom is 0.311 e. The Morgan fingerprint density at radius 3 is 2.38 bits per heavy atom. The summed E-state index contributed by atoms with van der Waals surface area (Å²) >= 11 is 0. The molecule has 3 nitrogen and oxygen atoms in total. The molecule has 1 aromatic rings. The molecule has 0 aliphatic rings. The topological polar surface area (TPSA) is 57.5 Å². The van der Waals surface area contributed by atoms with Crippen molar-refractivity contribution in [3.05, 3.63) is 35.9 Å². The number of hydrogen-bond donors (Lipinski definition) is 2. The molecule has 2 N–H and O–H groups in total. The minimum atomic E-state index is -0.889. The first kappa shape index (κ1) is 9.74. The van der Waals surface area contributed by atoms with Crippen LogP contribution in [-0.2, 0) is 4.79 Å². The van der Waals surface area contributed by atoms with E-state index in [4.69, 9.17) is 10.2 Å². The maximum atomic E-state index is 10.8. The predicted molar refractivity (Wildman–Crippen MR) is 48.5 cm³/mol. The van der Waals surface area contributed by atoms with E-state index >= 15 is 0 Å². The van der Waals surface area contributed by atoms with Gasteiger partial charge in [-0.1, -0.05) is 30.3 Å². The molecule has 0 aliphatic heterocycles. The summed E-state index contributed by atoms with van der Waals surface area (Å²) in [7, 11) is 0. The molecule has 0 saturated carbocycles. The summed E-state index contributed by atoms with van der Waals surface area (Å²) in [4.78, 5) is 10.8. The van der Waals surface area contributed by atoms with E-state index in [2.05, 4.69) is 0 Å². The SMILES string of the molecule is O=C(O)[C@H](CCO)c1ccccc1. The van der Waals surface area contributed by atoms with Crippen molar-refractivity contribution in [2.24, 2.45) is 0 Å². The van der Waals surface area contributed by atoms with Crippen molar-refractivity contribution in [2.45, 2.75) is 12.3 Å². The van der Waals surface area contributed by atoms with Crippen molar-refractivity contribution in [1.82, 2.24) is 0 Å². The molecular formula is C10H12O3. The van der Waals surface area contributed by atoms with Gasteiger partial charge in [0.1, 0.15) is 0 Å². The van der Waals surface area contributed by atoms with Gasteiger partial charge in [0.25, 0.3) is 0 Å². The summed E-state index contributed by atoms with van der Waals surface area (Å²) in [6, 6.07) is 8.94. The van der Waals surface area contributed by atoms with Gasteiger partial charge in [-0.2, -0.15) is 0 Å². The van der Waals surface area contributed by atoms with Crippen molar-refractivity contribution in [3.63, 3.8) is 0 Å². The van der Waals surface area contributed by atoms with E-state index in [-0.39, 0.29) is 13.0 Å². The summed E-state index contributed by atoms with van der Waals surface area (Å²) in [5.74, 6) is -1.48. The number of carboxylic acids is 1. The van der Waals surface area contributed by atoms with Gasteiger partial charge >= 0.3 is 5.97 Å². The van der Waals surface area contributed by atoms with Crippen LogP contribution < -0.4 is 0 Å². The average Bonchev–Trinajstić information content (AvgIpc) is 2.15.